The first-order chi connectivity index (χ1) is 9.23. The number of hydrogen-bond donors (Lipinski definition) is 3. The Hall–Kier alpha value is -1.43. The van der Waals surface area contributed by atoms with Gasteiger partial charge in [0, 0.05) is 19.2 Å². The third-order valence-electron chi connectivity index (χ3n) is 2.63. The lowest BCUT2D eigenvalue weighted by Gasteiger charge is -2.22. The quantitative estimate of drug-likeness (QED) is 0.753. The molecule has 114 valence electrons. The summed E-state index contributed by atoms with van der Waals surface area (Å²) in [4.78, 5) is 3.85. The molecule has 6 heteroatoms. The van der Waals surface area contributed by atoms with Crippen molar-refractivity contribution in [3.05, 3.63) is 17.7 Å². The number of aliphatic hydroxyl groups is 1. The first-order valence-corrected chi connectivity index (χ1v) is 6.74. The van der Waals surface area contributed by atoms with Crippen molar-refractivity contribution in [2.24, 2.45) is 5.41 Å². The van der Waals surface area contributed by atoms with Crippen molar-refractivity contribution in [2.45, 2.75) is 40.2 Å². The summed E-state index contributed by atoms with van der Waals surface area (Å²) < 4.78 is 27.0. The van der Waals surface area contributed by atoms with Crippen LogP contribution in [0.5, 0.6) is 0 Å². The maximum atomic E-state index is 13.6. The van der Waals surface area contributed by atoms with Gasteiger partial charge in [-0.25, -0.2) is 13.8 Å². The van der Waals surface area contributed by atoms with Gasteiger partial charge in [0.2, 0.25) is 0 Å². The van der Waals surface area contributed by atoms with E-state index >= 15 is 0 Å². The average molecular weight is 287 g/mol. The Morgan fingerprint density at radius 1 is 1.20 bits per heavy atom. The predicted molar refractivity (Wildman–Crippen MR) is 76.9 cm³/mol. The van der Waals surface area contributed by atoms with Gasteiger partial charge in [-0.05, 0) is 18.8 Å². The fourth-order valence-electron chi connectivity index (χ4n) is 1.88. The minimum atomic E-state index is -0.771. The lowest BCUT2D eigenvalue weighted by atomic mass is 9.89. The summed E-state index contributed by atoms with van der Waals surface area (Å²) in [6.07, 6.45) is -0.0491. The van der Waals surface area contributed by atoms with Crippen LogP contribution in [0, 0.1) is 17.0 Å². The van der Waals surface area contributed by atoms with Crippen molar-refractivity contribution in [2.75, 3.05) is 23.7 Å². The molecule has 0 fully saturated rings. The highest BCUT2D eigenvalue weighted by molar-refractivity contribution is 5.47. The Morgan fingerprint density at radius 2 is 1.75 bits per heavy atom. The number of hydrogen-bond acceptors (Lipinski definition) is 4. The number of nitrogens with zero attached hydrogens (tertiary/aromatic N) is 1. The first kappa shape index (κ1) is 16.6. The SMILES string of the molecule is CCNc1nc(NCC(O)CC(C)(C)C)c(F)cc1F. The van der Waals surface area contributed by atoms with Gasteiger partial charge in [-0.1, -0.05) is 20.8 Å². The van der Waals surface area contributed by atoms with Crippen LogP contribution in [0.25, 0.3) is 0 Å². The third-order valence-corrected chi connectivity index (χ3v) is 2.63. The monoisotopic (exact) mass is 287 g/mol. The lowest BCUT2D eigenvalue weighted by molar-refractivity contribution is 0.132. The van der Waals surface area contributed by atoms with Crippen LogP contribution in [-0.4, -0.2) is 29.3 Å². The Kier molecular flexibility index (Phi) is 5.68. The Labute approximate surface area is 118 Å². The van der Waals surface area contributed by atoms with Crippen molar-refractivity contribution < 1.29 is 13.9 Å². The van der Waals surface area contributed by atoms with Gasteiger partial charge in [-0.2, -0.15) is 0 Å². The fourth-order valence-corrected chi connectivity index (χ4v) is 1.88. The molecule has 0 aliphatic heterocycles. The molecule has 0 aliphatic rings. The van der Waals surface area contributed by atoms with Gasteiger partial charge in [-0.15, -0.1) is 0 Å². The molecule has 1 aromatic rings. The molecule has 0 bridgehead atoms. The van der Waals surface area contributed by atoms with Crippen LogP contribution in [0.15, 0.2) is 6.07 Å². The zero-order chi connectivity index (χ0) is 15.3. The van der Waals surface area contributed by atoms with Crippen molar-refractivity contribution in [1.29, 1.82) is 0 Å². The summed E-state index contributed by atoms with van der Waals surface area (Å²) in [5.74, 6) is -1.56. The number of aromatic nitrogens is 1. The van der Waals surface area contributed by atoms with E-state index < -0.39 is 17.7 Å². The molecule has 1 rings (SSSR count). The summed E-state index contributed by atoms with van der Waals surface area (Å²) in [5.41, 5.74) is -0.0230. The molecule has 0 aliphatic carbocycles. The highest BCUT2D eigenvalue weighted by Crippen LogP contribution is 2.22. The van der Waals surface area contributed by atoms with Crippen LogP contribution < -0.4 is 10.6 Å². The van der Waals surface area contributed by atoms with Gasteiger partial charge in [0.15, 0.2) is 23.3 Å². The summed E-state index contributed by atoms with van der Waals surface area (Å²) in [6.45, 7) is 8.48. The fraction of sp³-hybridized carbons (Fsp3) is 0.643. The zero-order valence-electron chi connectivity index (χ0n) is 12.4. The first-order valence-electron chi connectivity index (χ1n) is 6.74. The minimum absolute atomic E-state index is 0.00158. The molecule has 1 atom stereocenters. The molecule has 0 saturated carbocycles. The van der Waals surface area contributed by atoms with Crippen LogP contribution >= 0.6 is 0 Å². The molecule has 1 heterocycles. The number of rotatable bonds is 6. The van der Waals surface area contributed by atoms with E-state index in [1.54, 1.807) is 6.92 Å². The number of pyridine rings is 1. The third kappa shape index (κ3) is 5.28. The molecule has 0 saturated heterocycles. The standard InChI is InChI=1S/C14H23F2N3O/c1-5-17-12-10(15)6-11(16)13(19-12)18-8-9(20)7-14(2,3)4/h6,9,20H,5,7-8H2,1-4H3,(H2,17,18,19). The Balaban J connectivity index is 2.70. The highest BCUT2D eigenvalue weighted by Gasteiger charge is 2.18. The van der Waals surface area contributed by atoms with Gasteiger partial charge < -0.3 is 15.7 Å². The molecule has 0 amide bonds. The van der Waals surface area contributed by atoms with E-state index in [9.17, 15) is 13.9 Å². The molecule has 0 aromatic carbocycles. The van der Waals surface area contributed by atoms with Crippen molar-refractivity contribution in [1.82, 2.24) is 4.98 Å². The maximum Gasteiger partial charge on any atom is 0.168 e. The van der Waals surface area contributed by atoms with Crippen LogP contribution in [0.4, 0.5) is 20.4 Å². The molecule has 20 heavy (non-hydrogen) atoms. The molecule has 0 spiro atoms. The van der Waals surface area contributed by atoms with Gasteiger partial charge in [0.25, 0.3) is 0 Å². The molecular formula is C14H23F2N3O. The molecule has 1 unspecified atom stereocenters. The summed E-state index contributed by atoms with van der Waals surface area (Å²) in [7, 11) is 0. The normalized spacial score (nSPS) is 13.2. The van der Waals surface area contributed by atoms with Crippen LogP contribution in [0.2, 0.25) is 0 Å². The van der Waals surface area contributed by atoms with Crippen molar-refractivity contribution in [3.8, 4) is 0 Å². The average Bonchev–Trinajstić information content (AvgIpc) is 2.29. The predicted octanol–water partition coefficient (Wildman–Crippen LogP) is 3.00. The van der Waals surface area contributed by atoms with Gasteiger partial charge in [0.1, 0.15) is 0 Å². The van der Waals surface area contributed by atoms with E-state index in [4.69, 9.17) is 0 Å². The van der Waals surface area contributed by atoms with Crippen LogP contribution in [-0.2, 0) is 0 Å². The highest BCUT2D eigenvalue weighted by atomic mass is 19.1. The van der Waals surface area contributed by atoms with E-state index in [1.807, 2.05) is 20.8 Å². The summed E-state index contributed by atoms with van der Waals surface area (Å²) in [6, 6.07) is 0.781. The Bertz CT molecular complexity index is 447. The van der Waals surface area contributed by atoms with Crippen molar-refractivity contribution >= 4 is 11.6 Å². The second kappa shape index (κ2) is 6.83. The van der Waals surface area contributed by atoms with E-state index in [0.29, 0.717) is 13.0 Å². The minimum Gasteiger partial charge on any atom is -0.391 e. The van der Waals surface area contributed by atoms with E-state index in [2.05, 4.69) is 15.6 Å². The van der Waals surface area contributed by atoms with E-state index in [-0.39, 0.29) is 23.6 Å². The number of aliphatic hydroxyl groups excluding tert-OH is 1. The zero-order valence-corrected chi connectivity index (χ0v) is 12.4. The topological polar surface area (TPSA) is 57.2 Å². The molecule has 4 nitrogen and oxygen atoms in total. The van der Waals surface area contributed by atoms with Crippen LogP contribution in [0.1, 0.15) is 34.1 Å². The number of halogens is 2. The van der Waals surface area contributed by atoms with Gasteiger partial charge in [0.05, 0.1) is 6.10 Å². The van der Waals surface area contributed by atoms with Gasteiger partial charge >= 0.3 is 0 Å². The maximum absolute atomic E-state index is 13.6. The molecule has 0 radical (unpaired) electrons. The number of anilines is 2. The van der Waals surface area contributed by atoms with Gasteiger partial charge in [-0.3, -0.25) is 0 Å². The molecule has 3 N–H and O–H groups in total. The lowest BCUT2D eigenvalue weighted by Crippen LogP contribution is -2.25. The summed E-state index contributed by atoms with van der Waals surface area (Å²) in [5, 5.41) is 15.3. The second-order valence-corrected chi connectivity index (χ2v) is 5.98. The van der Waals surface area contributed by atoms with Crippen molar-refractivity contribution in [3.63, 3.8) is 0 Å². The Morgan fingerprint density at radius 3 is 2.25 bits per heavy atom. The van der Waals surface area contributed by atoms with E-state index in [1.165, 1.54) is 0 Å². The van der Waals surface area contributed by atoms with Crippen LogP contribution in [0.3, 0.4) is 0 Å². The largest absolute Gasteiger partial charge is 0.391 e. The smallest absolute Gasteiger partial charge is 0.168 e. The molecular weight excluding hydrogens is 264 g/mol. The summed E-state index contributed by atoms with van der Waals surface area (Å²) >= 11 is 0. The number of nitrogens with one attached hydrogen (secondary N) is 2. The second-order valence-electron chi connectivity index (χ2n) is 5.98. The van der Waals surface area contributed by atoms with E-state index in [0.717, 1.165) is 6.07 Å². The molecule has 1 aromatic heterocycles.